The third-order valence-corrected chi connectivity index (χ3v) is 6.06. The van der Waals surface area contributed by atoms with Crippen LogP contribution in [-0.4, -0.2) is 113 Å². The van der Waals surface area contributed by atoms with Gasteiger partial charge in [0.2, 0.25) is 12.0 Å². The third-order valence-electron chi connectivity index (χ3n) is 6.06. The number of methoxy groups -OCH3 is 2. The molecule has 0 spiro atoms. The van der Waals surface area contributed by atoms with Gasteiger partial charge in [-0.25, -0.2) is 0 Å². The molecule has 0 bridgehead atoms. The Labute approximate surface area is 202 Å². The first-order chi connectivity index (χ1) is 16.7. The lowest BCUT2D eigenvalue weighted by Gasteiger charge is -2.45. The average molecular weight is 503 g/mol. The van der Waals surface area contributed by atoms with Gasteiger partial charge in [-0.15, -0.1) is 6.58 Å². The fourth-order valence-corrected chi connectivity index (χ4v) is 4.03. The van der Waals surface area contributed by atoms with Crippen molar-refractivity contribution in [3.63, 3.8) is 0 Å². The summed E-state index contributed by atoms with van der Waals surface area (Å²) in [6, 6.07) is 3.39. The second-order valence-corrected chi connectivity index (χ2v) is 8.43. The highest BCUT2D eigenvalue weighted by Gasteiger charge is 2.51. The number of allylic oxidation sites excluding steroid dienone is 1. The molecule has 0 saturated carbocycles. The van der Waals surface area contributed by atoms with Crippen molar-refractivity contribution in [3.05, 3.63) is 30.4 Å². The molecule has 6 N–H and O–H groups in total. The van der Waals surface area contributed by atoms with E-state index >= 15 is 0 Å². The summed E-state index contributed by atoms with van der Waals surface area (Å²) < 4.78 is 33.7. The van der Waals surface area contributed by atoms with Gasteiger partial charge in [0.1, 0.15) is 36.6 Å². The van der Waals surface area contributed by atoms with Crippen LogP contribution >= 0.6 is 0 Å². The molecule has 1 aromatic carbocycles. The van der Waals surface area contributed by atoms with E-state index in [2.05, 4.69) is 6.58 Å². The van der Waals surface area contributed by atoms with Gasteiger partial charge in [-0.2, -0.15) is 0 Å². The smallest absolute Gasteiger partial charge is 0.230 e. The maximum absolute atomic E-state index is 10.8. The minimum atomic E-state index is -1.68. The van der Waals surface area contributed by atoms with Gasteiger partial charge in [0.05, 0.1) is 26.9 Å². The van der Waals surface area contributed by atoms with Crippen LogP contribution in [0, 0.1) is 0 Å². The zero-order chi connectivity index (χ0) is 25.9. The van der Waals surface area contributed by atoms with E-state index in [1.807, 2.05) is 0 Å². The molecule has 198 valence electrons. The first-order valence-electron chi connectivity index (χ1n) is 11.2. The second kappa shape index (κ2) is 11.8. The molecule has 0 aromatic heterocycles. The van der Waals surface area contributed by atoms with Gasteiger partial charge in [-0.3, -0.25) is 0 Å². The standard InChI is InChI=1S/C23H34O12/c1-5-6-11-7-12(30-3)20(13(8-11)31-4)34-23-21(18(28)16(26)14(9-24)33-23)35-22-19(29)17(27)15(25)10(2)32-22/h5,7-8,10,14-19,21-29H,1,6,9H2,2-4H3/t10-,14+,15-,16+,17+,18-,19+,21+,22-,23-/m0/s1. The predicted octanol–water partition coefficient (Wildman–Crippen LogP) is -1.54. The lowest BCUT2D eigenvalue weighted by Crippen LogP contribution is -2.64. The van der Waals surface area contributed by atoms with Crippen LogP contribution in [-0.2, 0) is 20.6 Å². The number of aliphatic hydroxyl groups is 6. The molecule has 3 rings (SSSR count). The number of hydrogen-bond donors (Lipinski definition) is 6. The Bertz CT molecular complexity index is 825. The molecule has 12 heteroatoms. The van der Waals surface area contributed by atoms with Gasteiger partial charge in [0.15, 0.2) is 23.9 Å². The van der Waals surface area contributed by atoms with Crippen LogP contribution in [0.15, 0.2) is 24.8 Å². The van der Waals surface area contributed by atoms with Crippen LogP contribution in [0.25, 0.3) is 0 Å². The van der Waals surface area contributed by atoms with Crippen molar-refractivity contribution < 1.29 is 59.1 Å². The van der Waals surface area contributed by atoms with Crippen molar-refractivity contribution in [2.24, 2.45) is 0 Å². The van der Waals surface area contributed by atoms with Crippen molar-refractivity contribution in [1.82, 2.24) is 0 Å². The van der Waals surface area contributed by atoms with Gasteiger partial charge >= 0.3 is 0 Å². The van der Waals surface area contributed by atoms with Crippen LogP contribution in [0.1, 0.15) is 12.5 Å². The molecule has 35 heavy (non-hydrogen) atoms. The van der Waals surface area contributed by atoms with Crippen LogP contribution in [0.2, 0.25) is 0 Å². The zero-order valence-corrected chi connectivity index (χ0v) is 19.8. The summed E-state index contributed by atoms with van der Waals surface area (Å²) in [5.41, 5.74) is 0.822. The molecule has 2 aliphatic heterocycles. The number of ether oxygens (including phenoxy) is 6. The van der Waals surface area contributed by atoms with E-state index in [9.17, 15) is 30.6 Å². The quantitative estimate of drug-likeness (QED) is 0.215. The summed E-state index contributed by atoms with van der Waals surface area (Å²) in [5.74, 6) is 0.632. The monoisotopic (exact) mass is 502 g/mol. The summed E-state index contributed by atoms with van der Waals surface area (Å²) in [7, 11) is 2.84. The Morgan fingerprint density at radius 2 is 1.51 bits per heavy atom. The zero-order valence-electron chi connectivity index (χ0n) is 19.8. The van der Waals surface area contributed by atoms with Crippen LogP contribution in [0.3, 0.4) is 0 Å². The Kier molecular flexibility index (Phi) is 9.32. The molecule has 12 nitrogen and oxygen atoms in total. The van der Waals surface area contributed by atoms with Gasteiger partial charge in [-0.1, -0.05) is 6.08 Å². The van der Waals surface area contributed by atoms with Crippen molar-refractivity contribution in [2.75, 3.05) is 20.8 Å². The van der Waals surface area contributed by atoms with Gasteiger partial charge in [0.25, 0.3) is 0 Å². The Hall–Kier alpha value is -2.00. The second-order valence-electron chi connectivity index (χ2n) is 8.43. The van der Waals surface area contributed by atoms with Crippen molar-refractivity contribution in [3.8, 4) is 17.2 Å². The Morgan fingerprint density at radius 3 is 2.06 bits per heavy atom. The van der Waals surface area contributed by atoms with Crippen molar-refractivity contribution in [2.45, 2.75) is 74.8 Å². The van der Waals surface area contributed by atoms with E-state index in [1.165, 1.54) is 21.1 Å². The number of rotatable bonds is 9. The van der Waals surface area contributed by atoms with E-state index in [0.29, 0.717) is 6.42 Å². The normalized spacial score (nSPS) is 37.5. The van der Waals surface area contributed by atoms with Crippen molar-refractivity contribution in [1.29, 1.82) is 0 Å². The first kappa shape index (κ1) is 27.6. The maximum atomic E-state index is 10.8. The molecule has 2 fully saturated rings. The number of hydrogen-bond acceptors (Lipinski definition) is 12. The van der Waals surface area contributed by atoms with Crippen LogP contribution in [0.5, 0.6) is 17.2 Å². The molecule has 0 aliphatic carbocycles. The summed E-state index contributed by atoms with van der Waals surface area (Å²) in [6.45, 7) is 4.54. The fraction of sp³-hybridized carbons (Fsp3) is 0.652. The summed E-state index contributed by atoms with van der Waals surface area (Å²) in [4.78, 5) is 0. The minimum absolute atomic E-state index is 0.0932. The highest BCUT2D eigenvalue weighted by Crippen LogP contribution is 2.41. The largest absolute Gasteiger partial charge is 0.493 e. The average Bonchev–Trinajstić information content (AvgIpc) is 2.85. The molecular formula is C23H34O12. The molecule has 2 aliphatic rings. The maximum Gasteiger partial charge on any atom is 0.230 e. The Morgan fingerprint density at radius 1 is 0.886 bits per heavy atom. The highest BCUT2D eigenvalue weighted by atomic mass is 16.8. The lowest BCUT2D eigenvalue weighted by atomic mass is 9.97. The van der Waals surface area contributed by atoms with Gasteiger partial charge < -0.3 is 59.1 Å². The lowest BCUT2D eigenvalue weighted by molar-refractivity contribution is -0.354. The summed E-state index contributed by atoms with van der Waals surface area (Å²) in [5, 5.41) is 61.2. The van der Waals surface area contributed by atoms with E-state index in [0.717, 1.165) is 5.56 Å². The third kappa shape index (κ3) is 5.71. The minimum Gasteiger partial charge on any atom is -0.493 e. The topological polar surface area (TPSA) is 177 Å². The molecule has 10 atom stereocenters. The first-order valence-corrected chi connectivity index (χ1v) is 11.2. The highest BCUT2D eigenvalue weighted by molar-refractivity contribution is 5.54. The molecule has 2 heterocycles. The predicted molar refractivity (Wildman–Crippen MR) is 119 cm³/mol. The van der Waals surface area contributed by atoms with E-state index in [1.54, 1.807) is 18.2 Å². The Balaban J connectivity index is 1.94. The molecule has 0 unspecified atom stereocenters. The van der Waals surface area contributed by atoms with Gasteiger partial charge in [-0.05, 0) is 31.0 Å². The molecule has 2 saturated heterocycles. The van der Waals surface area contributed by atoms with Crippen LogP contribution < -0.4 is 14.2 Å². The van der Waals surface area contributed by atoms with Gasteiger partial charge in [0, 0.05) is 0 Å². The number of benzene rings is 1. The van der Waals surface area contributed by atoms with E-state index in [-0.39, 0.29) is 17.2 Å². The molecule has 0 amide bonds. The van der Waals surface area contributed by atoms with E-state index < -0.39 is 68.0 Å². The molecule has 1 aromatic rings. The number of aliphatic hydroxyl groups excluding tert-OH is 6. The summed E-state index contributed by atoms with van der Waals surface area (Å²) >= 11 is 0. The van der Waals surface area contributed by atoms with Crippen LogP contribution in [0.4, 0.5) is 0 Å². The fourth-order valence-electron chi connectivity index (χ4n) is 4.03. The molecule has 0 radical (unpaired) electrons. The molecular weight excluding hydrogens is 468 g/mol. The SMILES string of the molecule is C=CCc1cc(OC)c(O[C@@H]2O[C@H](CO)[C@@H](O)[C@H](O)[C@H]2O[C@@H]2O[C@@H](C)[C@H](O)[C@@H](O)[C@H]2O)c(OC)c1. The van der Waals surface area contributed by atoms with E-state index in [4.69, 9.17) is 28.4 Å². The summed E-state index contributed by atoms with van der Waals surface area (Å²) in [6.07, 6.45) is -12.2. The van der Waals surface area contributed by atoms with Crippen molar-refractivity contribution >= 4 is 0 Å².